The average Bonchev–Trinajstić information content (AvgIpc) is 2.39. The van der Waals surface area contributed by atoms with Crippen molar-refractivity contribution < 1.29 is 19.8 Å². The fraction of sp³-hybridized carbons (Fsp3) is 0. The van der Waals surface area contributed by atoms with Gasteiger partial charge in [0.15, 0.2) is 6.29 Å². The third-order valence-electron chi connectivity index (χ3n) is 2.64. The van der Waals surface area contributed by atoms with Crippen molar-refractivity contribution in [3.63, 3.8) is 0 Å². The van der Waals surface area contributed by atoms with Gasteiger partial charge < -0.3 is 10.2 Å². The molecule has 2 aromatic rings. The van der Waals surface area contributed by atoms with E-state index in [2.05, 4.69) is 0 Å². The maximum absolute atomic E-state index is 10.7. The van der Waals surface area contributed by atoms with E-state index < -0.39 is 5.97 Å². The first-order valence-electron chi connectivity index (χ1n) is 5.24. The van der Waals surface area contributed by atoms with Gasteiger partial charge in [-0.1, -0.05) is 24.3 Å². The molecule has 0 radical (unpaired) electrons. The van der Waals surface area contributed by atoms with Crippen LogP contribution in [0.4, 0.5) is 0 Å². The summed E-state index contributed by atoms with van der Waals surface area (Å²) in [5.74, 6) is -1.11. The third-order valence-corrected chi connectivity index (χ3v) is 2.64. The minimum Gasteiger partial charge on any atom is -0.507 e. The Morgan fingerprint density at radius 2 is 1.72 bits per heavy atom. The fourth-order valence-corrected chi connectivity index (χ4v) is 1.68. The number of rotatable bonds is 3. The molecule has 0 aromatic heterocycles. The van der Waals surface area contributed by atoms with Crippen LogP contribution in [0.1, 0.15) is 20.7 Å². The third kappa shape index (κ3) is 2.08. The normalized spacial score (nSPS) is 10.0. The Morgan fingerprint density at radius 1 is 1.06 bits per heavy atom. The van der Waals surface area contributed by atoms with Crippen LogP contribution < -0.4 is 0 Å². The van der Waals surface area contributed by atoms with Crippen molar-refractivity contribution in [1.29, 1.82) is 0 Å². The number of hydrogen-bond acceptors (Lipinski definition) is 3. The number of para-hydroxylation sites is 1. The van der Waals surface area contributed by atoms with Crippen molar-refractivity contribution in [3.8, 4) is 16.9 Å². The van der Waals surface area contributed by atoms with Crippen LogP contribution in [-0.2, 0) is 0 Å². The van der Waals surface area contributed by atoms with Crippen LogP contribution in [0.15, 0.2) is 42.5 Å². The summed E-state index contributed by atoms with van der Waals surface area (Å²) < 4.78 is 0. The van der Waals surface area contributed by atoms with E-state index >= 15 is 0 Å². The monoisotopic (exact) mass is 242 g/mol. The number of carbonyl (C=O) groups excluding carboxylic acids is 1. The van der Waals surface area contributed by atoms with Crippen LogP contribution >= 0.6 is 0 Å². The van der Waals surface area contributed by atoms with Crippen molar-refractivity contribution in [2.75, 3.05) is 0 Å². The van der Waals surface area contributed by atoms with Crippen LogP contribution in [0.3, 0.4) is 0 Å². The van der Waals surface area contributed by atoms with Crippen LogP contribution in [0.5, 0.6) is 5.75 Å². The second-order valence-electron chi connectivity index (χ2n) is 3.74. The molecule has 0 saturated heterocycles. The second-order valence-corrected chi connectivity index (χ2v) is 3.74. The van der Waals surface area contributed by atoms with Gasteiger partial charge in [-0.3, -0.25) is 4.79 Å². The highest BCUT2D eigenvalue weighted by atomic mass is 16.4. The van der Waals surface area contributed by atoms with Gasteiger partial charge in [0.05, 0.1) is 11.1 Å². The van der Waals surface area contributed by atoms with Crippen LogP contribution in [0.2, 0.25) is 0 Å². The van der Waals surface area contributed by atoms with Gasteiger partial charge in [-0.25, -0.2) is 4.79 Å². The van der Waals surface area contributed by atoms with E-state index in [0.29, 0.717) is 17.4 Å². The number of hydrogen-bond donors (Lipinski definition) is 2. The highest BCUT2D eigenvalue weighted by Gasteiger charge is 2.09. The first kappa shape index (κ1) is 11.9. The maximum Gasteiger partial charge on any atom is 0.335 e. The summed E-state index contributed by atoms with van der Waals surface area (Å²) in [6, 6.07) is 10.9. The zero-order valence-corrected chi connectivity index (χ0v) is 9.33. The predicted molar refractivity (Wildman–Crippen MR) is 65.9 cm³/mol. The summed E-state index contributed by atoms with van der Waals surface area (Å²) in [4.78, 5) is 21.4. The smallest absolute Gasteiger partial charge is 0.335 e. The molecule has 90 valence electrons. The molecule has 0 heterocycles. The molecular weight excluding hydrogens is 232 g/mol. The summed E-state index contributed by atoms with van der Waals surface area (Å²) in [6.07, 6.45) is 0.574. The van der Waals surface area contributed by atoms with Gasteiger partial charge in [-0.05, 0) is 23.8 Å². The molecule has 0 aliphatic heterocycles. The van der Waals surface area contributed by atoms with Gasteiger partial charge >= 0.3 is 5.97 Å². The summed E-state index contributed by atoms with van der Waals surface area (Å²) >= 11 is 0. The number of carbonyl (C=O) groups is 2. The highest BCUT2D eigenvalue weighted by Crippen LogP contribution is 2.31. The standard InChI is InChI=1S/C14H10O4/c15-8-11-2-1-3-12(13(11)16)9-4-6-10(7-5-9)14(17)18/h1-8,16H,(H,17,18). The van der Waals surface area contributed by atoms with Crippen molar-refractivity contribution >= 4 is 12.3 Å². The topological polar surface area (TPSA) is 74.6 Å². The molecule has 4 nitrogen and oxygen atoms in total. The lowest BCUT2D eigenvalue weighted by Crippen LogP contribution is -1.95. The van der Waals surface area contributed by atoms with Crippen molar-refractivity contribution in [2.24, 2.45) is 0 Å². The lowest BCUT2D eigenvalue weighted by atomic mass is 10.0. The Morgan fingerprint density at radius 3 is 2.28 bits per heavy atom. The molecular formula is C14H10O4. The number of aldehydes is 1. The number of phenolic OH excluding ortho intramolecular Hbond substituents is 1. The molecule has 0 atom stereocenters. The highest BCUT2D eigenvalue weighted by molar-refractivity contribution is 5.89. The molecule has 0 bridgehead atoms. The molecule has 2 rings (SSSR count). The number of phenols is 1. The quantitative estimate of drug-likeness (QED) is 0.811. The summed E-state index contributed by atoms with van der Waals surface area (Å²) in [6.45, 7) is 0. The van der Waals surface area contributed by atoms with E-state index in [1.165, 1.54) is 18.2 Å². The number of aromatic hydroxyl groups is 1. The van der Waals surface area contributed by atoms with E-state index in [1.54, 1.807) is 24.3 Å². The van der Waals surface area contributed by atoms with E-state index in [-0.39, 0.29) is 16.9 Å². The molecule has 0 unspecified atom stereocenters. The van der Waals surface area contributed by atoms with Gasteiger partial charge in [0.2, 0.25) is 0 Å². The van der Waals surface area contributed by atoms with Gasteiger partial charge in [0.1, 0.15) is 5.75 Å². The van der Waals surface area contributed by atoms with Gasteiger partial charge in [0, 0.05) is 5.56 Å². The molecule has 2 aromatic carbocycles. The zero-order chi connectivity index (χ0) is 13.1. The van der Waals surface area contributed by atoms with Crippen LogP contribution in [0.25, 0.3) is 11.1 Å². The number of carboxylic acid groups (broad SMARTS) is 1. The Labute approximate surface area is 103 Å². The molecule has 2 N–H and O–H groups in total. The van der Waals surface area contributed by atoms with Gasteiger partial charge in [-0.15, -0.1) is 0 Å². The largest absolute Gasteiger partial charge is 0.507 e. The molecule has 0 spiro atoms. The number of carboxylic acids is 1. The Balaban J connectivity index is 2.49. The lowest BCUT2D eigenvalue weighted by molar-refractivity contribution is 0.0696. The molecule has 0 aliphatic carbocycles. The second kappa shape index (κ2) is 4.71. The first-order chi connectivity index (χ1) is 8.63. The van der Waals surface area contributed by atoms with Crippen molar-refractivity contribution in [3.05, 3.63) is 53.6 Å². The Kier molecular flexibility index (Phi) is 3.10. The van der Waals surface area contributed by atoms with Crippen molar-refractivity contribution in [2.45, 2.75) is 0 Å². The average molecular weight is 242 g/mol. The summed E-state index contributed by atoms with van der Waals surface area (Å²) in [7, 11) is 0. The molecule has 0 aliphatic rings. The predicted octanol–water partition coefficient (Wildman–Crippen LogP) is 2.57. The minimum absolute atomic E-state index is 0.101. The molecule has 0 fully saturated rings. The summed E-state index contributed by atoms with van der Waals surface area (Å²) in [5.41, 5.74) is 1.53. The Hall–Kier alpha value is -2.62. The molecule has 4 heteroatoms. The molecule has 18 heavy (non-hydrogen) atoms. The zero-order valence-electron chi connectivity index (χ0n) is 9.33. The summed E-state index contributed by atoms with van der Waals surface area (Å²) in [5, 5.41) is 18.7. The van der Waals surface area contributed by atoms with Crippen LogP contribution in [0, 0.1) is 0 Å². The first-order valence-corrected chi connectivity index (χ1v) is 5.24. The van der Waals surface area contributed by atoms with E-state index in [0.717, 1.165) is 0 Å². The van der Waals surface area contributed by atoms with Gasteiger partial charge in [0.25, 0.3) is 0 Å². The lowest BCUT2D eigenvalue weighted by Gasteiger charge is -2.06. The molecule has 0 amide bonds. The fourth-order valence-electron chi connectivity index (χ4n) is 1.68. The van der Waals surface area contributed by atoms with Crippen LogP contribution in [-0.4, -0.2) is 22.5 Å². The van der Waals surface area contributed by atoms with Gasteiger partial charge in [-0.2, -0.15) is 0 Å². The number of aromatic carboxylic acids is 1. The van der Waals surface area contributed by atoms with E-state index in [1.807, 2.05) is 0 Å². The SMILES string of the molecule is O=Cc1cccc(-c2ccc(C(=O)O)cc2)c1O. The number of benzene rings is 2. The Bertz CT molecular complexity index is 600. The minimum atomic E-state index is -1.01. The molecule has 0 saturated carbocycles. The van der Waals surface area contributed by atoms with Crippen molar-refractivity contribution in [1.82, 2.24) is 0 Å². The van der Waals surface area contributed by atoms with E-state index in [4.69, 9.17) is 5.11 Å². The maximum atomic E-state index is 10.7. The van der Waals surface area contributed by atoms with E-state index in [9.17, 15) is 14.7 Å².